The van der Waals surface area contributed by atoms with Crippen LogP contribution in [0.2, 0.25) is 6.82 Å². The summed E-state index contributed by atoms with van der Waals surface area (Å²) < 4.78 is 5.44. The fourth-order valence-corrected chi connectivity index (χ4v) is 6.14. The number of nitrogens with zero attached hydrogens (tertiary/aromatic N) is 5. The van der Waals surface area contributed by atoms with Gasteiger partial charge in [0.2, 0.25) is 5.91 Å². The number of carbonyl (C=O) groups is 1. The Kier molecular flexibility index (Phi) is 7.73. The second kappa shape index (κ2) is 9.67. The number of ether oxygens (including phenoxy) is 1. The summed E-state index contributed by atoms with van der Waals surface area (Å²) in [4.78, 5) is 30.6. The van der Waals surface area contributed by atoms with Crippen molar-refractivity contribution in [3.63, 3.8) is 0 Å². The van der Waals surface area contributed by atoms with Crippen LogP contribution >= 0.6 is 38.3 Å². The van der Waals surface area contributed by atoms with Crippen molar-refractivity contribution < 1.29 is 14.6 Å². The molecule has 32 heavy (non-hydrogen) atoms. The van der Waals surface area contributed by atoms with Crippen molar-refractivity contribution in [2.45, 2.75) is 38.7 Å². The molecular formula is C20H32BN5O3S3. The van der Waals surface area contributed by atoms with Gasteiger partial charge >= 0.3 is 7.05 Å². The predicted octanol–water partition coefficient (Wildman–Crippen LogP) is 1.33. The van der Waals surface area contributed by atoms with Crippen LogP contribution in [0.5, 0.6) is 0 Å². The van der Waals surface area contributed by atoms with E-state index in [1.165, 1.54) is 4.88 Å². The van der Waals surface area contributed by atoms with Gasteiger partial charge < -0.3 is 24.4 Å². The number of rotatable bonds is 5. The first-order valence-corrected chi connectivity index (χ1v) is 11.5. The molecule has 1 N–H and O–H groups in total. The Morgan fingerprint density at radius 1 is 1.31 bits per heavy atom. The van der Waals surface area contributed by atoms with Gasteiger partial charge in [-0.1, -0.05) is 6.92 Å². The molecule has 3 saturated heterocycles. The number of fused-ring (bicyclic) bond motifs is 1. The average molecular weight is 498 g/mol. The van der Waals surface area contributed by atoms with Crippen molar-refractivity contribution in [2.24, 2.45) is 5.41 Å². The zero-order chi connectivity index (χ0) is 21.0. The van der Waals surface area contributed by atoms with Gasteiger partial charge in [-0.3, -0.25) is 4.79 Å². The third-order valence-corrected chi connectivity index (χ3v) is 8.01. The van der Waals surface area contributed by atoms with Crippen LogP contribution in [0, 0.1) is 5.41 Å². The van der Waals surface area contributed by atoms with Gasteiger partial charge in [0.25, 0.3) is 0 Å². The lowest BCUT2D eigenvalue weighted by Gasteiger charge is -2.61. The Balaban J connectivity index is 0.00000144. The number of amides is 1. The van der Waals surface area contributed by atoms with Gasteiger partial charge in [-0.2, -0.15) is 27.0 Å². The third-order valence-electron chi connectivity index (χ3n) is 6.82. The van der Waals surface area contributed by atoms with Crippen molar-refractivity contribution in [1.29, 1.82) is 0 Å². The van der Waals surface area contributed by atoms with Crippen molar-refractivity contribution in [3.8, 4) is 0 Å². The number of aryl methyl sites for hydroxylation is 1. The lowest BCUT2D eigenvalue weighted by atomic mass is 9.72. The van der Waals surface area contributed by atoms with E-state index in [-0.39, 0.29) is 50.5 Å². The standard InChI is InChI=1S/C20H28BN5O3S.2H2S/c1-4-14-6-15-17(22-12-23-18(15)30-14)24-8-20(9-24)10-25(11-20)19(27)16-5-13(29-3)7-26(16)21(2)28;;/h6,12-13,16,28H,4-5,7-11H2,1-3H3;2*1H2/t13-,16-;;/m0../s1. The number of anilines is 1. The number of hydrogen-bond donors (Lipinski definition) is 1. The van der Waals surface area contributed by atoms with E-state index in [1.807, 2.05) is 9.71 Å². The Hall–Kier alpha value is -1.05. The number of hydrogen-bond acceptors (Lipinski definition) is 8. The molecule has 1 amide bonds. The Morgan fingerprint density at radius 2 is 2.03 bits per heavy atom. The molecule has 1 spiro atoms. The average Bonchev–Trinajstić information content (AvgIpc) is 3.29. The smallest absolute Gasteiger partial charge is 0.377 e. The molecule has 0 bridgehead atoms. The zero-order valence-electron chi connectivity index (χ0n) is 18.7. The van der Waals surface area contributed by atoms with Crippen molar-refractivity contribution in [2.75, 3.05) is 44.7 Å². The van der Waals surface area contributed by atoms with Crippen LogP contribution in [0.1, 0.15) is 18.2 Å². The van der Waals surface area contributed by atoms with Crippen molar-refractivity contribution in [1.82, 2.24) is 19.7 Å². The summed E-state index contributed by atoms with van der Waals surface area (Å²) >= 11 is 1.74. The molecule has 0 saturated carbocycles. The van der Waals surface area contributed by atoms with Gasteiger partial charge in [0.1, 0.15) is 17.0 Å². The summed E-state index contributed by atoms with van der Waals surface area (Å²) in [6.07, 6.45) is 3.32. The minimum absolute atomic E-state index is 0. The van der Waals surface area contributed by atoms with Crippen molar-refractivity contribution in [3.05, 3.63) is 17.3 Å². The molecule has 3 aliphatic heterocycles. The summed E-state index contributed by atoms with van der Waals surface area (Å²) in [6, 6.07) is 1.93. The minimum Gasteiger partial charge on any atom is -0.437 e. The van der Waals surface area contributed by atoms with Crippen LogP contribution < -0.4 is 4.90 Å². The van der Waals surface area contributed by atoms with Crippen LogP contribution in [0.15, 0.2) is 12.4 Å². The number of aromatic nitrogens is 2. The Morgan fingerprint density at radius 3 is 2.66 bits per heavy atom. The van der Waals surface area contributed by atoms with Gasteiger partial charge in [-0.05, 0) is 25.7 Å². The number of likely N-dealkylation sites (tertiary alicyclic amines) is 1. The highest BCUT2D eigenvalue weighted by Gasteiger charge is 2.55. The monoisotopic (exact) mass is 497 g/mol. The minimum atomic E-state index is -0.646. The molecule has 0 aliphatic carbocycles. The molecule has 2 atom stereocenters. The van der Waals surface area contributed by atoms with E-state index >= 15 is 0 Å². The van der Waals surface area contributed by atoms with Gasteiger partial charge in [0.15, 0.2) is 0 Å². The molecule has 8 nitrogen and oxygen atoms in total. The molecule has 3 fully saturated rings. The van der Waals surface area contributed by atoms with Crippen LogP contribution in [-0.4, -0.2) is 89.6 Å². The third kappa shape index (κ3) is 4.25. The largest absolute Gasteiger partial charge is 0.437 e. The number of methoxy groups -OCH3 is 1. The van der Waals surface area contributed by atoms with E-state index in [2.05, 4.69) is 27.9 Å². The molecule has 2 aromatic heterocycles. The molecule has 176 valence electrons. The first-order chi connectivity index (χ1) is 14.4. The maximum Gasteiger partial charge on any atom is 0.377 e. The highest BCUT2D eigenvalue weighted by molar-refractivity contribution is 7.59. The highest BCUT2D eigenvalue weighted by Crippen LogP contribution is 2.44. The summed E-state index contributed by atoms with van der Waals surface area (Å²) in [5.41, 5.74) is 0.172. The molecule has 5 rings (SSSR count). The maximum atomic E-state index is 13.1. The highest BCUT2D eigenvalue weighted by atomic mass is 32.1. The molecule has 0 aromatic carbocycles. The van der Waals surface area contributed by atoms with E-state index < -0.39 is 7.05 Å². The van der Waals surface area contributed by atoms with E-state index in [0.717, 1.165) is 48.6 Å². The fourth-order valence-electron chi connectivity index (χ4n) is 5.21. The molecule has 0 unspecified atom stereocenters. The molecular weight excluding hydrogens is 465 g/mol. The topological polar surface area (TPSA) is 82.0 Å². The number of carbonyl (C=O) groups excluding carboxylic acids is 1. The van der Waals surface area contributed by atoms with E-state index in [1.54, 1.807) is 31.6 Å². The van der Waals surface area contributed by atoms with Crippen LogP contribution in [0.25, 0.3) is 10.2 Å². The predicted molar refractivity (Wildman–Crippen MR) is 139 cm³/mol. The van der Waals surface area contributed by atoms with Crippen molar-refractivity contribution >= 4 is 67.3 Å². The normalized spacial score (nSPS) is 24.0. The number of thiophene rings is 1. The lowest BCUT2D eigenvalue weighted by molar-refractivity contribution is -0.149. The first-order valence-electron chi connectivity index (χ1n) is 10.7. The summed E-state index contributed by atoms with van der Waals surface area (Å²) in [7, 11) is 1.02. The van der Waals surface area contributed by atoms with Gasteiger partial charge in [0.05, 0.1) is 17.5 Å². The maximum absolute atomic E-state index is 13.1. The summed E-state index contributed by atoms with van der Waals surface area (Å²) in [5.74, 6) is 1.14. The van der Waals surface area contributed by atoms with Gasteiger partial charge in [0, 0.05) is 50.1 Å². The quantitative estimate of drug-likeness (QED) is 0.625. The Bertz CT molecular complexity index is 963. The van der Waals surface area contributed by atoms with Crippen LogP contribution in [-0.2, 0) is 16.0 Å². The van der Waals surface area contributed by atoms with E-state index in [0.29, 0.717) is 13.0 Å². The SMILES string of the molecule is CCc1cc2c(N3CC4(CN(C(=O)[C@@H]5C[C@H](OC)CN5B(C)O)C4)C3)ncnc2s1.S.S. The molecule has 3 aliphatic rings. The zero-order valence-corrected chi connectivity index (χ0v) is 21.6. The molecule has 0 radical (unpaired) electrons. The van der Waals surface area contributed by atoms with Gasteiger partial charge in [-0.25, -0.2) is 9.97 Å². The first kappa shape index (κ1) is 25.6. The second-order valence-corrected chi connectivity index (χ2v) is 10.1. The molecule has 5 heterocycles. The fraction of sp³-hybridized carbons (Fsp3) is 0.650. The lowest BCUT2D eigenvalue weighted by Crippen LogP contribution is -2.74. The molecule has 2 aromatic rings. The molecule has 12 heteroatoms. The van der Waals surface area contributed by atoms with Crippen LogP contribution in [0.4, 0.5) is 5.82 Å². The summed E-state index contributed by atoms with van der Waals surface area (Å²) in [5, 5.41) is 11.2. The van der Waals surface area contributed by atoms with E-state index in [9.17, 15) is 9.82 Å². The summed E-state index contributed by atoms with van der Waals surface area (Å²) in [6.45, 7) is 7.88. The van der Waals surface area contributed by atoms with Crippen LogP contribution in [0.3, 0.4) is 0 Å². The Labute approximate surface area is 207 Å². The van der Waals surface area contributed by atoms with E-state index in [4.69, 9.17) is 4.74 Å². The second-order valence-electron chi connectivity index (χ2n) is 8.97. The van der Waals surface area contributed by atoms with Gasteiger partial charge in [-0.15, -0.1) is 11.3 Å².